The van der Waals surface area contributed by atoms with Crippen molar-refractivity contribution >= 4 is 21.6 Å². The smallest absolute Gasteiger partial charge is 0.245 e. The molecule has 7 nitrogen and oxygen atoms in total. The van der Waals surface area contributed by atoms with Crippen LogP contribution in [0.4, 0.5) is 5.69 Å². The van der Waals surface area contributed by atoms with E-state index in [9.17, 15) is 18.3 Å². The first-order chi connectivity index (χ1) is 13.2. The Hall–Kier alpha value is -2.42. The second kappa shape index (κ2) is 7.90. The quantitative estimate of drug-likeness (QED) is 0.664. The van der Waals surface area contributed by atoms with E-state index in [1.807, 2.05) is 32.0 Å². The Balaban J connectivity index is 1.84. The zero-order chi connectivity index (χ0) is 20.5. The first-order valence-electron chi connectivity index (χ1n) is 9.16. The van der Waals surface area contributed by atoms with E-state index in [1.54, 1.807) is 0 Å². The second-order valence-electron chi connectivity index (χ2n) is 7.18. The van der Waals surface area contributed by atoms with E-state index >= 15 is 0 Å². The van der Waals surface area contributed by atoms with Gasteiger partial charge in [0.25, 0.3) is 0 Å². The van der Waals surface area contributed by atoms with Crippen LogP contribution < -0.4 is 11.1 Å². The zero-order valence-corrected chi connectivity index (χ0v) is 16.8. The molecule has 0 aromatic heterocycles. The van der Waals surface area contributed by atoms with E-state index in [0.29, 0.717) is 18.7 Å². The number of benzene rings is 2. The molecule has 150 valence electrons. The van der Waals surface area contributed by atoms with Crippen LogP contribution in [0, 0.1) is 13.8 Å². The van der Waals surface area contributed by atoms with E-state index in [0.717, 1.165) is 24.0 Å². The van der Waals surface area contributed by atoms with Gasteiger partial charge in [-0.25, -0.2) is 8.42 Å². The molecule has 1 fully saturated rings. The third kappa shape index (κ3) is 4.19. The molecule has 4 N–H and O–H groups in total. The molecule has 0 spiro atoms. The summed E-state index contributed by atoms with van der Waals surface area (Å²) in [5.41, 5.74) is 8.72. The third-order valence-corrected chi connectivity index (χ3v) is 6.71. The number of nitrogens with two attached hydrogens (primary N) is 1. The number of sulfonamides is 1. The monoisotopic (exact) mass is 403 g/mol. The number of carbonyl (C=O) groups is 1. The van der Waals surface area contributed by atoms with Crippen molar-refractivity contribution in [3.63, 3.8) is 0 Å². The maximum absolute atomic E-state index is 12.7. The Bertz CT molecular complexity index is 978. The average molecular weight is 404 g/mol. The van der Waals surface area contributed by atoms with Crippen LogP contribution >= 0.6 is 0 Å². The van der Waals surface area contributed by atoms with Gasteiger partial charge in [0.15, 0.2) is 0 Å². The largest absolute Gasteiger partial charge is 0.506 e. The standard InChI is InChI=1S/C20H25N3O4S/c1-13-9-14(2)11-15(10-13)19(21)20(25)22-17-12-16(5-6-18(17)24)28(26,27)23-7-3-4-8-23/h5-6,9-12,19,24H,3-4,7-8,21H2,1-2H3,(H,22,25). The maximum Gasteiger partial charge on any atom is 0.245 e. The number of amides is 1. The summed E-state index contributed by atoms with van der Waals surface area (Å²) in [6.07, 6.45) is 1.65. The molecule has 0 saturated carbocycles. The van der Waals surface area contributed by atoms with Gasteiger partial charge in [0.2, 0.25) is 15.9 Å². The van der Waals surface area contributed by atoms with Crippen molar-refractivity contribution in [2.24, 2.45) is 5.73 Å². The highest BCUT2D eigenvalue weighted by Crippen LogP contribution is 2.30. The van der Waals surface area contributed by atoms with Gasteiger partial charge in [-0.15, -0.1) is 0 Å². The maximum atomic E-state index is 12.7. The second-order valence-corrected chi connectivity index (χ2v) is 9.12. The van der Waals surface area contributed by atoms with Crippen molar-refractivity contribution in [1.29, 1.82) is 0 Å². The average Bonchev–Trinajstić information content (AvgIpc) is 3.17. The van der Waals surface area contributed by atoms with Crippen LogP contribution in [0.25, 0.3) is 0 Å². The number of phenolic OH excluding ortho intramolecular Hbond substituents is 1. The highest BCUT2D eigenvalue weighted by atomic mass is 32.2. The topological polar surface area (TPSA) is 113 Å². The van der Waals surface area contributed by atoms with Crippen molar-refractivity contribution in [3.8, 4) is 5.75 Å². The lowest BCUT2D eigenvalue weighted by atomic mass is 10.0. The summed E-state index contributed by atoms with van der Waals surface area (Å²) in [4.78, 5) is 12.6. The zero-order valence-electron chi connectivity index (χ0n) is 16.0. The van der Waals surface area contributed by atoms with Gasteiger partial charge in [0.1, 0.15) is 11.8 Å². The van der Waals surface area contributed by atoms with Gasteiger partial charge in [-0.2, -0.15) is 4.31 Å². The molecule has 2 aromatic rings. The Morgan fingerprint density at radius 3 is 2.32 bits per heavy atom. The van der Waals surface area contributed by atoms with Crippen LogP contribution in [-0.4, -0.2) is 36.8 Å². The highest BCUT2D eigenvalue weighted by Gasteiger charge is 2.28. The number of phenols is 1. The van der Waals surface area contributed by atoms with E-state index in [2.05, 4.69) is 5.32 Å². The normalized spacial score (nSPS) is 16.1. The first kappa shape index (κ1) is 20.3. The molecule has 1 amide bonds. The number of hydrogen-bond donors (Lipinski definition) is 3. The number of hydrogen-bond acceptors (Lipinski definition) is 5. The van der Waals surface area contributed by atoms with Crippen molar-refractivity contribution in [2.75, 3.05) is 18.4 Å². The molecule has 2 aromatic carbocycles. The van der Waals surface area contributed by atoms with Crippen LogP contribution in [0.5, 0.6) is 5.75 Å². The Labute approximate surface area is 165 Å². The Kier molecular flexibility index (Phi) is 5.74. The van der Waals surface area contributed by atoms with Gasteiger partial charge in [-0.3, -0.25) is 4.79 Å². The number of nitrogens with zero attached hydrogens (tertiary/aromatic N) is 1. The molecular formula is C20H25N3O4S. The minimum Gasteiger partial charge on any atom is -0.506 e. The molecule has 0 aliphatic carbocycles. The summed E-state index contributed by atoms with van der Waals surface area (Å²) in [5.74, 6) is -0.752. The molecule has 1 unspecified atom stereocenters. The summed E-state index contributed by atoms with van der Waals surface area (Å²) >= 11 is 0. The molecule has 1 atom stereocenters. The van der Waals surface area contributed by atoms with E-state index in [1.165, 1.54) is 22.5 Å². The minimum absolute atomic E-state index is 0.0186. The highest BCUT2D eigenvalue weighted by molar-refractivity contribution is 7.89. The molecule has 1 aliphatic heterocycles. The van der Waals surface area contributed by atoms with Crippen LogP contribution in [-0.2, 0) is 14.8 Å². The van der Waals surface area contributed by atoms with E-state index < -0.39 is 22.0 Å². The molecule has 8 heteroatoms. The Morgan fingerprint density at radius 2 is 1.71 bits per heavy atom. The van der Waals surface area contributed by atoms with Crippen LogP contribution in [0.2, 0.25) is 0 Å². The number of rotatable bonds is 5. The number of aromatic hydroxyl groups is 1. The van der Waals surface area contributed by atoms with Crippen molar-refractivity contribution in [2.45, 2.75) is 37.6 Å². The van der Waals surface area contributed by atoms with Gasteiger partial charge in [0, 0.05) is 13.1 Å². The SMILES string of the molecule is Cc1cc(C)cc(C(N)C(=O)Nc2cc(S(=O)(=O)N3CCCC3)ccc2O)c1. The fraction of sp³-hybridized carbons (Fsp3) is 0.350. The van der Waals surface area contributed by atoms with Crippen molar-refractivity contribution < 1.29 is 18.3 Å². The lowest BCUT2D eigenvalue weighted by molar-refractivity contribution is -0.117. The first-order valence-corrected chi connectivity index (χ1v) is 10.6. The molecule has 28 heavy (non-hydrogen) atoms. The van der Waals surface area contributed by atoms with E-state index in [-0.39, 0.29) is 16.3 Å². The van der Waals surface area contributed by atoms with Crippen LogP contribution in [0.3, 0.4) is 0 Å². The third-order valence-electron chi connectivity index (χ3n) is 4.81. The van der Waals surface area contributed by atoms with E-state index in [4.69, 9.17) is 5.73 Å². The number of carbonyl (C=O) groups excluding carboxylic acids is 1. The van der Waals surface area contributed by atoms with Crippen molar-refractivity contribution in [1.82, 2.24) is 4.31 Å². The lowest BCUT2D eigenvalue weighted by Gasteiger charge is -2.18. The summed E-state index contributed by atoms with van der Waals surface area (Å²) < 4.78 is 26.9. The number of aryl methyl sites for hydroxylation is 2. The molecule has 1 heterocycles. The predicted molar refractivity (Wildman–Crippen MR) is 108 cm³/mol. The van der Waals surface area contributed by atoms with Crippen LogP contribution in [0.15, 0.2) is 41.3 Å². The number of anilines is 1. The summed E-state index contributed by atoms with van der Waals surface area (Å²) in [6, 6.07) is 8.55. The van der Waals surface area contributed by atoms with Gasteiger partial charge < -0.3 is 16.2 Å². The lowest BCUT2D eigenvalue weighted by Crippen LogP contribution is -2.29. The molecule has 0 bridgehead atoms. The van der Waals surface area contributed by atoms with Gasteiger partial charge in [-0.05, 0) is 50.5 Å². The fourth-order valence-corrected chi connectivity index (χ4v) is 4.95. The summed E-state index contributed by atoms with van der Waals surface area (Å²) in [7, 11) is -3.66. The molecule has 0 radical (unpaired) electrons. The fourth-order valence-electron chi connectivity index (χ4n) is 3.40. The predicted octanol–water partition coefficient (Wildman–Crippen LogP) is 2.43. The van der Waals surface area contributed by atoms with Crippen molar-refractivity contribution in [3.05, 3.63) is 53.1 Å². The van der Waals surface area contributed by atoms with Gasteiger partial charge in [0.05, 0.1) is 10.6 Å². The summed E-state index contributed by atoms with van der Waals surface area (Å²) in [5, 5.41) is 12.6. The molecule has 3 rings (SSSR count). The van der Waals surface area contributed by atoms with Crippen LogP contribution in [0.1, 0.15) is 35.6 Å². The van der Waals surface area contributed by atoms with Gasteiger partial charge >= 0.3 is 0 Å². The molecule has 1 aliphatic rings. The number of nitrogens with one attached hydrogen (secondary N) is 1. The molecular weight excluding hydrogens is 378 g/mol. The summed E-state index contributed by atoms with van der Waals surface area (Å²) in [6.45, 7) is 4.78. The minimum atomic E-state index is -3.66. The molecule has 1 saturated heterocycles. The van der Waals surface area contributed by atoms with Gasteiger partial charge in [-0.1, -0.05) is 29.3 Å². The Morgan fingerprint density at radius 1 is 1.11 bits per heavy atom.